The maximum absolute atomic E-state index is 14.0. The lowest BCUT2D eigenvalue weighted by atomic mass is 9.57. The van der Waals surface area contributed by atoms with Gasteiger partial charge in [0.2, 0.25) is 17.7 Å². The lowest BCUT2D eigenvalue weighted by molar-refractivity contribution is -0.188. The Labute approximate surface area is 199 Å². The first kappa shape index (κ1) is 20.5. The average molecular weight is 462 g/mol. The fraction of sp³-hybridized carbons (Fsp3) is 0.593. The Balaban J connectivity index is 1.43. The molecule has 2 bridgehead atoms. The Morgan fingerprint density at radius 3 is 2.65 bits per heavy atom. The zero-order chi connectivity index (χ0) is 24.1. The van der Waals surface area contributed by atoms with Crippen LogP contribution in [-0.4, -0.2) is 57.8 Å². The number of likely N-dealkylation sites (N-methyl/N-ethyl adjacent to an activating group) is 1. The average Bonchev–Trinajstić information content (AvgIpc) is 3.33. The SMILES string of the molecule is CN1C(=O)[C@@]23CCC(=O)N2C[C@@]12C[C@]1(C(=O)Nc4c1ccc1c4C=CC(C)(C)O1)C(C)(C)[C@@H]2C3. The summed E-state index contributed by atoms with van der Waals surface area (Å²) >= 11 is 0. The number of benzene rings is 1. The Morgan fingerprint density at radius 1 is 1.12 bits per heavy atom. The molecule has 178 valence electrons. The molecular weight excluding hydrogens is 430 g/mol. The van der Waals surface area contributed by atoms with Crippen molar-refractivity contribution in [3.63, 3.8) is 0 Å². The van der Waals surface area contributed by atoms with Crippen molar-refractivity contribution < 1.29 is 19.1 Å². The van der Waals surface area contributed by atoms with Crippen LogP contribution in [0.25, 0.3) is 6.08 Å². The predicted molar refractivity (Wildman–Crippen MR) is 126 cm³/mol. The Morgan fingerprint density at radius 2 is 1.88 bits per heavy atom. The first-order valence-electron chi connectivity index (χ1n) is 12.4. The summed E-state index contributed by atoms with van der Waals surface area (Å²) in [5.74, 6) is 1.01. The van der Waals surface area contributed by atoms with E-state index in [1.54, 1.807) is 0 Å². The first-order chi connectivity index (χ1) is 15.9. The van der Waals surface area contributed by atoms with E-state index in [-0.39, 0.29) is 23.6 Å². The lowest BCUT2D eigenvalue weighted by Gasteiger charge is -2.63. The van der Waals surface area contributed by atoms with Crippen molar-refractivity contribution >= 4 is 29.5 Å². The van der Waals surface area contributed by atoms with Gasteiger partial charge in [-0.2, -0.15) is 0 Å². The number of piperidine rings is 2. The molecule has 4 saturated heterocycles. The van der Waals surface area contributed by atoms with E-state index in [0.29, 0.717) is 32.2 Å². The second-order valence-electron chi connectivity index (χ2n) is 12.4. The van der Waals surface area contributed by atoms with Crippen molar-refractivity contribution in [2.75, 3.05) is 18.9 Å². The van der Waals surface area contributed by atoms with E-state index < -0.39 is 27.5 Å². The fourth-order valence-corrected chi connectivity index (χ4v) is 8.66. The summed E-state index contributed by atoms with van der Waals surface area (Å²) in [5, 5.41) is 3.24. The van der Waals surface area contributed by atoms with E-state index in [1.165, 1.54) is 0 Å². The van der Waals surface area contributed by atoms with Crippen molar-refractivity contribution in [3.05, 3.63) is 29.3 Å². The number of ether oxygens (including phenoxy) is 1. The van der Waals surface area contributed by atoms with E-state index >= 15 is 0 Å². The van der Waals surface area contributed by atoms with E-state index in [4.69, 9.17) is 4.74 Å². The highest BCUT2D eigenvalue weighted by Gasteiger charge is 2.80. The highest BCUT2D eigenvalue weighted by atomic mass is 16.5. The molecule has 1 saturated carbocycles. The minimum Gasteiger partial charge on any atom is -0.483 e. The van der Waals surface area contributed by atoms with Gasteiger partial charge in [0.1, 0.15) is 16.9 Å². The third-order valence-corrected chi connectivity index (χ3v) is 10.4. The van der Waals surface area contributed by atoms with Gasteiger partial charge in [0.25, 0.3) is 0 Å². The van der Waals surface area contributed by atoms with Crippen LogP contribution in [0, 0.1) is 11.3 Å². The van der Waals surface area contributed by atoms with Gasteiger partial charge in [-0.1, -0.05) is 19.9 Å². The number of piperazine rings is 1. The molecule has 6 heterocycles. The van der Waals surface area contributed by atoms with Crippen LogP contribution in [0.5, 0.6) is 5.75 Å². The van der Waals surface area contributed by atoms with Gasteiger partial charge in [0.05, 0.1) is 16.6 Å². The smallest absolute Gasteiger partial charge is 0.248 e. The van der Waals surface area contributed by atoms with Crippen molar-refractivity contribution in [1.82, 2.24) is 9.80 Å². The Bertz CT molecular complexity index is 1260. The number of amides is 3. The number of carbonyl (C=O) groups excluding carboxylic acids is 3. The molecule has 5 fully saturated rings. The van der Waals surface area contributed by atoms with E-state index in [2.05, 4.69) is 31.3 Å². The van der Waals surface area contributed by atoms with Crippen molar-refractivity contribution in [2.45, 2.75) is 75.5 Å². The number of hydrogen-bond acceptors (Lipinski definition) is 4. The van der Waals surface area contributed by atoms with E-state index in [0.717, 1.165) is 22.6 Å². The number of hydrogen-bond donors (Lipinski definition) is 1. The molecule has 0 aromatic heterocycles. The Kier molecular flexibility index (Phi) is 3.34. The summed E-state index contributed by atoms with van der Waals surface area (Å²) in [4.78, 5) is 44.3. The van der Waals surface area contributed by atoms with Crippen LogP contribution >= 0.6 is 0 Å². The summed E-state index contributed by atoms with van der Waals surface area (Å²) in [6, 6.07) is 4.04. The van der Waals surface area contributed by atoms with Crippen LogP contribution in [0.1, 0.15) is 64.5 Å². The van der Waals surface area contributed by atoms with Crippen LogP contribution in [0.3, 0.4) is 0 Å². The summed E-state index contributed by atoms with van der Waals surface area (Å²) in [7, 11) is 1.89. The lowest BCUT2D eigenvalue weighted by Crippen LogP contribution is -2.79. The van der Waals surface area contributed by atoms with Crippen molar-refractivity contribution in [2.24, 2.45) is 11.3 Å². The predicted octanol–water partition coefficient (Wildman–Crippen LogP) is 3.08. The second-order valence-corrected chi connectivity index (χ2v) is 12.4. The molecule has 1 N–H and O–H groups in total. The number of nitrogens with zero attached hydrogens (tertiary/aromatic N) is 2. The molecule has 34 heavy (non-hydrogen) atoms. The summed E-state index contributed by atoms with van der Waals surface area (Å²) in [6.45, 7) is 8.95. The zero-order valence-corrected chi connectivity index (χ0v) is 20.4. The molecule has 3 amide bonds. The molecule has 6 aliphatic heterocycles. The van der Waals surface area contributed by atoms with Gasteiger partial charge in [0, 0.05) is 25.6 Å². The molecular formula is C27H31N3O4. The maximum Gasteiger partial charge on any atom is 0.248 e. The second kappa shape index (κ2) is 5.52. The van der Waals surface area contributed by atoms with E-state index in [1.807, 2.05) is 42.8 Å². The number of nitrogens with one attached hydrogen (secondary N) is 1. The fourth-order valence-electron chi connectivity index (χ4n) is 8.66. The summed E-state index contributed by atoms with van der Waals surface area (Å²) in [5.41, 5.74) is -0.152. The minimum absolute atomic E-state index is 0.00352. The third-order valence-electron chi connectivity index (χ3n) is 10.4. The van der Waals surface area contributed by atoms with Gasteiger partial charge in [-0.25, -0.2) is 0 Å². The largest absolute Gasteiger partial charge is 0.483 e. The van der Waals surface area contributed by atoms with Gasteiger partial charge >= 0.3 is 0 Å². The third kappa shape index (κ3) is 1.91. The monoisotopic (exact) mass is 461 g/mol. The van der Waals surface area contributed by atoms with Crippen LogP contribution in [0.15, 0.2) is 18.2 Å². The van der Waals surface area contributed by atoms with E-state index in [9.17, 15) is 14.4 Å². The number of rotatable bonds is 0. The van der Waals surface area contributed by atoms with Gasteiger partial charge in [-0.05, 0) is 68.2 Å². The molecule has 7 heteroatoms. The highest BCUT2D eigenvalue weighted by Crippen LogP contribution is 2.72. The maximum atomic E-state index is 14.0. The molecule has 4 atom stereocenters. The molecule has 1 aromatic rings. The number of carbonyl (C=O) groups is 3. The van der Waals surface area contributed by atoms with Gasteiger partial charge in [-0.15, -0.1) is 0 Å². The molecule has 7 aliphatic rings. The molecule has 0 radical (unpaired) electrons. The van der Waals surface area contributed by atoms with Gasteiger partial charge in [-0.3, -0.25) is 14.4 Å². The van der Waals surface area contributed by atoms with Crippen LogP contribution in [-0.2, 0) is 19.8 Å². The minimum atomic E-state index is -0.786. The molecule has 1 aromatic carbocycles. The van der Waals surface area contributed by atoms with Crippen LogP contribution < -0.4 is 10.1 Å². The number of fused-ring (bicyclic) bond motifs is 5. The molecule has 3 spiro atoms. The van der Waals surface area contributed by atoms with Crippen LogP contribution in [0.2, 0.25) is 0 Å². The van der Waals surface area contributed by atoms with Gasteiger partial charge < -0.3 is 19.9 Å². The van der Waals surface area contributed by atoms with Crippen LogP contribution in [0.4, 0.5) is 5.69 Å². The number of anilines is 1. The topological polar surface area (TPSA) is 79.0 Å². The molecule has 1 aliphatic carbocycles. The highest BCUT2D eigenvalue weighted by molar-refractivity contribution is 6.10. The summed E-state index contributed by atoms with van der Waals surface area (Å²) < 4.78 is 6.18. The summed E-state index contributed by atoms with van der Waals surface area (Å²) in [6.07, 6.45) is 6.26. The molecule has 0 unspecified atom stereocenters. The van der Waals surface area contributed by atoms with Gasteiger partial charge in [0.15, 0.2) is 0 Å². The zero-order valence-electron chi connectivity index (χ0n) is 20.4. The molecule has 8 rings (SSSR count). The Hall–Kier alpha value is -2.83. The standard InChI is InChI=1S/C27H31N3O4/c1-23(2)10-8-15-17(34-23)7-6-16-20(15)28-21(32)27(16)13-26-14-30-19(31)9-11-25(30,22(33)29(26)5)12-18(26)24(27,3)4/h6-8,10,18H,9,11-14H2,1-5H3,(H,28,32)/t18-,25-,26+,27-/m0/s1. The quantitative estimate of drug-likeness (QED) is 0.644. The van der Waals surface area contributed by atoms with Crippen molar-refractivity contribution in [3.8, 4) is 5.75 Å². The van der Waals surface area contributed by atoms with Crippen molar-refractivity contribution in [1.29, 1.82) is 0 Å². The normalized spacial score (nSPS) is 39.7. The molecule has 7 nitrogen and oxygen atoms in total. The first-order valence-corrected chi connectivity index (χ1v) is 12.4.